The minimum Gasteiger partial charge on any atom is -0.324 e. The molecular formula is C25H22ClFN10O. The quantitative estimate of drug-likeness (QED) is 0.355. The highest BCUT2D eigenvalue weighted by atomic mass is 35.5. The van der Waals surface area contributed by atoms with Crippen LogP contribution in [0.15, 0.2) is 49.3 Å². The summed E-state index contributed by atoms with van der Waals surface area (Å²) < 4.78 is 17.7. The summed E-state index contributed by atoms with van der Waals surface area (Å²) in [6.07, 6.45) is 12.9. The summed E-state index contributed by atoms with van der Waals surface area (Å²) >= 11 is 6.40. The number of rotatable bonds is 6. The standard InChI is InChI=1S/C25H22ClFN10O/c1-25(15-9-32-35(13-15)12-14-2-3-14)8-17(18-11-28-21-7-20(27)34-36(21)22(18)25)24(38)33-16-6-19(26)23(29-10-16)37-30-4-5-31-37/h4-7,9-11,13-14,17H,2-3,8,12H2,1H3,(H,33,38)/t17-,25+/m1/s1. The van der Waals surface area contributed by atoms with E-state index in [9.17, 15) is 9.18 Å². The van der Waals surface area contributed by atoms with Gasteiger partial charge in [-0.15, -0.1) is 9.90 Å². The van der Waals surface area contributed by atoms with Crippen LogP contribution < -0.4 is 5.32 Å². The predicted molar refractivity (Wildman–Crippen MR) is 135 cm³/mol. The van der Waals surface area contributed by atoms with Crippen molar-refractivity contribution >= 4 is 28.8 Å². The number of anilines is 1. The van der Waals surface area contributed by atoms with Crippen molar-refractivity contribution in [2.45, 2.75) is 44.1 Å². The van der Waals surface area contributed by atoms with E-state index < -0.39 is 17.3 Å². The molecule has 5 aromatic rings. The molecule has 13 heteroatoms. The molecule has 2 atom stereocenters. The Morgan fingerprint density at radius 2 is 1.97 bits per heavy atom. The number of carbonyl (C=O) groups is 1. The normalized spacial score (nSPS) is 20.7. The van der Waals surface area contributed by atoms with Gasteiger partial charge in [0.1, 0.15) is 0 Å². The van der Waals surface area contributed by atoms with Gasteiger partial charge in [0.25, 0.3) is 0 Å². The van der Waals surface area contributed by atoms with Crippen molar-refractivity contribution in [3.63, 3.8) is 0 Å². The van der Waals surface area contributed by atoms with Crippen LogP contribution in [0.2, 0.25) is 5.02 Å². The van der Waals surface area contributed by atoms with Crippen LogP contribution in [0.25, 0.3) is 11.5 Å². The SMILES string of the molecule is C[C@@]1(c2cnn(CC3CC3)c2)C[C@@H](C(=O)Nc2cnc(-n3nccn3)c(Cl)c2)c2cnc3cc(F)nn3c21. The molecule has 11 nitrogen and oxygen atoms in total. The highest BCUT2D eigenvalue weighted by Gasteiger charge is 2.48. The summed E-state index contributed by atoms with van der Waals surface area (Å²) in [5.74, 6) is -0.437. The van der Waals surface area contributed by atoms with E-state index in [-0.39, 0.29) is 10.9 Å². The van der Waals surface area contributed by atoms with Crippen molar-refractivity contribution < 1.29 is 9.18 Å². The molecule has 2 aliphatic rings. The van der Waals surface area contributed by atoms with Crippen molar-refractivity contribution in [1.29, 1.82) is 0 Å². The van der Waals surface area contributed by atoms with E-state index in [1.807, 2.05) is 24.0 Å². The van der Waals surface area contributed by atoms with Gasteiger partial charge in [-0.2, -0.15) is 19.7 Å². The average Bonchev–Trinajstić information content (AvgIpc) is 3.29. The fraction of sp³-hybridized carbons (Fsp3) is 0.320. The third-order valence-corrected chi connectivity index (χ3v) is 7.70. The van der Waals surface area contributed by atoms with E-state index in [0.717, 1.165) is 17.8 Å². The Balaban J connectivity index is 1.24. The number of nitrogens with zero attached hydrogens (tertiary/aromatic N) is 9. The first-order chi connectivity index (χ1) is 18.4. The molecule has 0 spiro atoms. The van der Waals surface area contributed by atoms with E-state index in [2.05, 4.69) is 35.7 Å². The maximum Gasteiger partial charge on any atom is 0.235 e. The Morgan fingerprint density at radius 3 is 2.74 bits per heavy atom. The summed E-state index contributed by atoms with van der Waals surface area (Å²) in [4.78, 5) is 23.7. The van der Waals surface area contributed by atoms with E-state index in [4.69, 9.17) is 11.6 Å². The molecule has 192 valence electrons. The van der Waals surface area contributed by atoms with Crippen molar-refractivity contribution in [2.75, 3.05) is 5.32 Å². The second-order valence-corrected chi connectivity index (χ2v) is 10.5. The first-order valence-corrected chi connectivity index (χ1v) is 12.7. The topological polar surface area (TPSA) is 121 Å². The van der Waals surface area contributed by atoms with Gasteiger partial charge in [0.15, 0.2) is 11.5 Å². The monoisotopic (exact) mass is 532 g/mol. The van der Waals surface area contributed by atoms with Gasteiger partial charge in [-0.1, -0.05) is 11.6 Å². The van der Waals surface area contributed by atoms with Gasteiger partial charge in [0.05, 0.1) is 47.1 Å². The average molecular weight is 533 g/mol. The molecular weight excluding hydrogens is 511 g/mol. The zero-order valence-corrected chi connectivity index (χ0v) is 21.0. The van der Waals surface area contributed by atoms with Crippen LogP contribution in [-0.4, -0.2) is 50.3 Å². The number of halogens is 2. The van der Waals surface area contributed by atoms with Crippen LogP contribution in [0.3, 0.4) is 0 Å². The highest BCUT2D eigenvalue weighted by Crippen LogP contribution is 2.50. The molecule has 1 fully saturated rings. The molecule has 5 heterocycles. The van der Waals surface area contributed by atoms with E-state index in [0.29, 0.717) is 35.1 Å². The van der Waals surface area contributed by atoms with Crippen LogP contribution in [0.5, 0.6) is 0 Å². The molecule has 5 aromatic heterocycles. The molecule has 7 rings (SSSR count). The van der Waals surface area contributed by atoms with E-state index in [1.54, 1.807) is 12.3 Å². The van der Waals surface area contributed by atoms with Crippen LogP contribution in [0.4, 0.5) is 10.1 Å². The Labute approximate surface area is 220 Å². The van der Waals surface area contributed by atoms with Crippen LogP contribution in [0.1, 0.15) is 48.9 Å². The van der Waals surface area contributed by atoms with Gasteiger partial charge in [-0.05, 0) is 38.2 Å². The molecule has 1 amide bonds. The van der Waals surface area contributed by atoms with Crippen LogP contribution in [-0.2, 0) is 16.8 Å². The number of carbonyl (C=O) groups excluding carboxylic acids is 1. The van der Waals surface area contributed by atoms with E-state index in [1.165, 1.54) is 46.8 Å². The fourth-order valence-corrected chi connectivity index (χ4v) is 5.59. The molecule has 38 heavy (non-hydrogen) atoms. The first kappa shape index (κ1) is 23.0. The lowest BCUT2D eigenvalue weighted by Gasteiger charge is -2.24. The maximum absolute atomic E-state index is 14.2. The number of fused-ring (bicyclic) bond motifs is 3. The lowest BCUT2D eigenvalue weighted by molar-refractivity contribution is -0.117. The Bertz CT molecular complexity index is 1690. The number of pyridine rings is 1. The lowest BCUT2D eigenvalue weighted by atomic mass is 9.80. The van der Waals surface area contributed by atoms with Gasteiger partial charge >= 0.3 is 0 Å². The second-order valence-electron chi connectivity index (χ2n) is 10.1. The minimum absolute atomic E-state index is 0.253. The third kappa shape index (κ3) is 3.74. The number of aromatic nitrogens is 9. The van der Waals surface area contributed by atoms with Gasteiger partial charge in [-0.25, -0.2) is 14.5 Å². The summed E-state index contributed by atoms with van der Waals surface area (Å²) in [6, 6.07) is 2.89. The van der Waals surface area contributed by atoms with E-state index >= 15 is 0 Å². The number of nitrogens with one attached hydrogen (secondary N) is 1. The Kier molecular flexibility index (Phi) is 5.09. The molecule has 1 N–H and O–H groups in total. The second kappa shape index (κ2) is 8.42. The largest absolute Gasteiger partial charge is 0.324 e. The summed E-state index contributed by atoms with van der Waals surface area (Å²) in [5.41, 5.74) is 2.53. The molecule has 0 aliphatic heterocycles. The van der Waals surface area contributed by atoms with Gasteiger partial charge in [0.2, 0.25) is 11.9 Å². The highest BCUT2D eigenvalue weighted by molar-refractivity contribution is 6.32. The minimum atomic E-state index is -0.649. The molecule has 0 aromatic carbocycles. The lowest BCUT2D eigenvalue weighted by Crippen LogP contribution is -2.25. The number of hydrogen-bond donors (Lipinski definition) is 1. The third-order valence-electron chi connectivity index (χ3n) is 7.42. The first-order valence-electron chi connectivity index (χ1n) is 12.3. The Morgan fingerprint density at radius 1 is 1.16 bits per heavy atom. The molecule has 0 unspecified atom stereocenters. The molecule has 2 aliphatic carbocycles. The maximum atomic E-state index is 14.2. The Hall–Kier alpha value is -4.19. The van der Waals surface area contributed by atoms with Crippen molar-refractivity contribution in [1.82, 2.24) is 44.4 Å². The zero-order chi connectivity index (χ0) is 26.0. The number of hydrogen-bond acceptors (Lipinski definition) is 7. The van der Waals surface area contributed by atoms with Crippen molar-refractivity contribution in [2.24, 2.45) is 5.92 Å². The number of amides is 1. The molecule has 1 saturated carbocycles. The summed E-state index contributed by atoms with van der Waals surface area (Å²) in [6.45, 7) is 2.91. The van der Waals surface area contributed by atoms with Gasteiger partial charge in [0, 0.05) is 41.5 Å². The van der Waals surface area contributed by atoms with Gasteiger partial charge in [-0.3, -0.25) is 9.48 Å². The van der Waals surface area contributed by atoms with Crippen LogP contribution in [0, 0.1) is 11.9 Å². The fourth-order valence-electron chi connectivity index (χ4n) is 5.34. The van der Waals surface area contributed by atoms with Crippen molar-refractivity contribution in [3.05, 3.63) is 77.1 Å². The van der Waals surface area contributed by atoms with Crippen LogP contribution >= 0.6 is 11.6 Å². The summed E-state index contributed by atoms with van der Waals surface area (Å²) in [7, 11) is 0. The molecule has 0 bridgehead atoms. The predicted octanol–water partition coefficient (Wildman–Crippen LogP) is 3.54. The zero-order valence-electron chi connectivity index (χ0n) is 20.3. The van der Waals surface area contributed by atoms with Gasteiger partial charge < -0.3 is 5.32 Å². The molecule has 0 radical (unpaired) electrons. The smallest absolute Gasteiger partial charge is 0.235 e. The summed E-state index contributed by atoms with van der Waals surface area (Å²) in [5, 5.41) is 20.0. The van der Waals surface area contributed by atoms with Crippen molar-refractivity contribution in [3.8, 4) is 5.82 Å². The molecule has 0 saturated heterocycles.